The van der Waals surface area contributed by atoms with Crippen LogP contribution in [-0.2, 0) is 0 Å². The zero-order chi connectivity index (χ0) is 12.4. The Morgan fingerprint density at radius 2 is 2.35 bits per heavy atom. The molecule has 0 aliphatic rings. The normalized spacial score (nSPS) is 10.3. The fourth-order valence-corrected chi connectivity index (χ4v) is 2.96. The molecule has 88 valence electrons. The van der Waals surface area contributed by atoms with Gasteiger partial charge in [0, 0.05) is 10.7 Å². The maximum Gasteiger partial charge on any atom is 0.268 e. The first-order valence-corrected chi connectivity index (χ1v) is 6.80. The van der Waals surface area contributed by atoms with Gasteiger partial charge in [-0.1, -0.05) is 11.6 Å². The van der Waals surface area contributed by atoms with E-state index in [1.807, 2.05) is 12.3 Å². The molecule has 3 nitrogen and oxygen atoms in total. The molecular formula is C11H8BrClN2OS. The number of amides is 1. The molecule has 0 aliphatic carbocycles. The van der Waals surface area contributed by atoms with Gasteiger partial charge in [0.15, 0.2) is 5.82 Å². The fraction of sp³-hybridized carbons (Fsp3) is 0.0909. The van der Waals surface area contributed by atoms with Crippen molar-refractivity contribution in [1.29, 1.82) is 0 Å². The van der Waals surface area contributed by atoms with Crippen LogP contribution in [0.25, 0.3) is 0 Å². The zero-order valence-electron chi connectivity index (χ0n) is 8.83. The molecule has 2 aromatic heterocycles. The van der Waals surface area contributed by atoms with Crippen molar-refractivity contribution in [3.05, 3.63) is 43.6 Å². The number of carbonyl (C=O) groups excluding carboxylic acids is 1. The van der Waals surface area contributed by atoms with Crippen molar-refractivity contribution >= 4 is 50.6 Å². The molecular weight excluding hydrogens is 324 g/mol. The summed E-state index contributed by atoms with van der Waals surface area (Å²) >= 11 is 10.7. The van der Waals surface area contributed by atoms with Gasteiger partial charge in [0.25, 0.3) is 5.91 Å². The third-order valence-electron chi connectivity index (χ3n) is 2.10. The van der Waals surface area contributed by atoms with Crippen LogP contribution >= 0.6 is 38.9 Å². The number of carbonyl (C=O) groups is 1. The molecule has 2 aromatic rings. The second kappa shape index (κ2) is 5.16. The van der Waals surface area contributed by atoms with Gasteiger partial charge in [-0.3, -0.25) is 4.79 Å². The summed E-state index contributed by atoms with van der Waals surface area (Å²) in [6.07, 6.45) is 1.58. The number of halogens is 2. The lowest BCUT2D eigenvalue weighted by atomic mass is 10.3. The van der Waals surface area contributed by atoms with Gasteiger partial charge in [-0.15, -0.1) is 11.3 Å². The summed E-state index contributed by atoms with van der Waals surface area (Å²) in [7, 11) is 0. The van der Waals surface area contributed by atoms with Gasteiger partial charge < -0.3 is 5.32 Å². The summed E-state index contributed by atoms with van der Waals surface area (Å²) in [5, 5.41) is 5.02. The molecule has 0 saturated heterocycles. The van der Waals surface area contributed by atoms with E-state index in [9.17, 15) is 4.79 Å². The predicted octanol–water partition coefficient (Wildman–Crippen LogP) is 4.12. The lowest BCUT2D eigenvalue weighted by Gasteiger charge is -2.04. The number of anilines is 1. The van der Waals surface area contributed by atoms with Crippen LogP contribution in [-0.4, -0.2) is 10.9 Å². The lowest BCUT2D eigenvalue weighted by Crippen LogP contribution is -2.12. The SMILES string of the molecule is Cc1csc(C(=O)Nc2ncccc2Cl)c1Br. The van der Waals surface area contributed by atoms with Gasteiger partial charge in [0.05, 0.1) is 5.02 Å². The van der Waals surface area contributed by atoms with E-state index in [0.29, 0.717) is 15.7 Å². The van der Waals surface area contributed by atoms with Gasteiger partial charge in [-0.25, -0.2) is 4.98 Å². The highest BCUT2D eigenvalue weighted by Gasteiger charge is 2.15. The molecule has 0 saturated carbocycles. The van der Waals surface area contributed by atoms with E-state index in [2.05, 4.69) is 26.2 Å². The highest BCUT2D eigenvalue weighted by molar-refractivity contribution is 9.10. The van der Waals surface area contributed by atoms with E-state index >= 15 is 0 Å². The zero-order valence-corrected chi connectivity index (χ0v) is 12.0. The largest absolute Gasteiger partial charge is 0.305 e. The van der Waals surface area contributed by atoms with Crippen LogP contribution in [0.5, 0.6) is 0 Å². The maximum atomic E-state index is 12.0. The van der Waals surface area contributed by atoms with E-state index in [0.717, 1.165) is 10.0 Å². The number of aryl methyl sites for hydroxylation is 1. The summed E-state index contributed by atoms with van der Waals surface area (Å²) in [6, 6.07) is 3.39. The van der Waals surface area contributed by atoms with E-state index in [4.69, 9.17) is 11.6 Å². The number of hydrogen-bond donors (Lipinski definition) is 1. The number of aromatic nitrogens is 1. The van der Waals surface area contributed by atoms with Gasteiger partial charge >= 0.3 is 0 Å². The predicted molar refractivity (Wildman–Crippen MR) is 74.0 cm³/mol. The highest BCUT2D eigenvalue weighted by atomic mass is 79.9. The molecule has 1 amide bonds. The molecule has 0 atom stereocenters. The topological polar surface area (TPSA) is 42.0 Å². The fourth-order valence-electron chi connectivity index (χ4n) is 1.23. The van der Waals surface area contributed by atoms with Crippen molar-refractivity contribution in [3.8, 4) is 0 Å². The van der Waals surface area contributed by atoms with E-state index in [1.54, 1.807) is 18.3 Å². The lowest BCUT2D eigenvalue weighted by molar-refractivity contribution is 0.102. The number of rotatable bonds is 2. The van der Waals surface area contributed by atoms with Crippen LogP contribution in [0.15, 0.2) is 28.2 Å². The molecule has 0 radical (unpaired) electrons. The van der Waals surface area contributed by atoms with Gasteiger partial charge in [-0.2, -0.15) is 0 Å². The number of nitrogens with zero attached hydrogens (tertiary/aromatic N) is 1. The Balaban J connectivity index is 2.23. The Bertz CT molecular complexity index is 570. The Labute approximate surface area is 116 Å². The van der Waals surface area contributed by atoms with Crippen LogP contribution in [0, 0.1) is 6.92 Å². The first-order chi connectivity index (χ1) is 8.09. The van der Waals surface area contributed by atoms with Gasteiger partial charge in [0.2, 0.25) is 0 Å². The number of pyridine rings is 1. The summed E-state index contributed by atoms with van der Waals surface area (Å²) < 4.78 is 0.812. The van der Waals surface area contributed by atoms with E-state index in [1.165, 1.54) is 11.3 Å². The summed E-state index contributed by atoms with van der Waals surface area (Å²) in [5.74, 6) is 0.160. The highest BCUT2D eigenvalue weighted by Crippen LogP contribution is 2.28. The van der Waals surface area contributed by atoms with Crippen molar-refractivity contribution in [1.82, 2.24) is 4.98 Å². The molecule has 0 aromatic carbocycles. The third kappa shape index (κ3) is 2.68. The van der Waals surface area contributed by atoms with Crippen molar-refractivity contribution in [2.24, 2.45) is 0 Å². The van der Waals surface area contributed by atoms with Crippen molar-refractivity contribution in [3.63, 3.8) is 0 Å². The third-order valence-corrected chi connectivity index (χ3v) is 4.78. The smallest absolute Gasteiger partial charge is 0.268 e. The van der Waals surface area contributed by atoms with Crippen LogP contribution in [0.4, 0.5) is 5.82 Å². The first kappa shape index (κ1) is 12.5. The molecule has 17 heavy (non-hydrogen) atoms. The Hall–Kier alpha value is -0.910. The standard InChI is InChI=1S/C11H8BrClN2OS/c1-6-5-17-9(8(6)12)11(16)15-10-7(13)3-2-4-14-10/h2-5H,1H3,(H,14,15,16). The summed E-state index contributed by atoms with van der Waals surface area (Å²) in [6.45, 7) is 1.94. The second-order valence-electron chi connectivity index (χ2n) is 3.35. The number of thiophene rings is 1. The summed E-state index contributed by atoms with van der Waals surface area (Å²) in [4.78, 5) is 16.6. The number of hydrogen-bond acceptors (Lipinski definition) is 3. The minimum atomic E-state index is -0.212. The average molecular weight is 332 g/mol. The quantitative estimate of drug-likeness (QED) is 0.899. The molecule has 0 fully saturated rings. The first-order valence-electron chi connectivity index (χ1n) is 4.75. The van der Waals surface area contributed by atoms with E-state index in [-0.39, 0.29) is 5.91 Å². The second-order valence-corrected chi connectivity index (χ2v) is 5.43. The van der Waals surface area contributed by atoms with Crippen LogP contribution in [0.3, 0.4) is 0 Å². The van der Waals surface area contributed by atoms with Gasteiger partial charge in [-0.05, 0) is 45.9 Å². The Morgan fingerprint density at radius 1 is 1.59 bits per heavy atom. The van der Waals surface area contributed by atoms with Crippen LogP contribution in [0.1, 0.15) is 15.2 Å². The van der Waals surface area contributed by atoms with Crippen molar-refractivity contribution in [2.45, 2.75) is 6.92 Å². The van der Waals surface area contributed by atoms with Crippen LogP contribution < -0.4 is 5.32 Å². The number of nitrogens with one attached hydrogen (secondary N) is 1. The summed E-state index contributed by atoms with van der Waals surface area (Å²) in [5.41, 5.74) is 1.03. The average Bonchev–Trinajstić information content (AvgIpc) is 2.63. The van der Waals surface area contributed by atoms with Crippen molar-refractivity contribution in [2.75, 3.05) is 5.32 Å². The molecule has 2 rings (SSSR count). The molecule has 0 spiro atoms. The van der Waals surface area contributed by atoms with Crippen molar-refractivity contribution < 1.29 is 4.79 Å². The van der Waals surface area contributed by atoms with E-state index < -0.39 is 0 Å². The minimum absolute atomic E-state index is 0.212. The molecule has 6 heteroatoms. The van der Waals surface area contributed by atoms with Crippen LogP contribution in [0.2, 0.25) is 5.02 Å². The Kier molecular flexibility index (Phi) is 3.81. The molecule has 1 N–H and O–H groups in total. The maximum absolute atomic E-state index is 12.0. The Morgan fingerprint density at radius 3 is 2.94 bits per heavy atom. The molecule has 0 unspecified atom stereocenters. The monoisotopic (exact) mass is 330 g/mol. The molecule has 2 heterocycles. The molecule has 0 bridgehead atoms. The molecule has 0 aliphatic heterocycles. The minimum Gasteiger partial charge on any atom is -0.305 e. The van der Waals surface area contributed by atoms with Gasteiger partial charge in [0.1, 0.15) is 4.88 Å².